The summed E-state index contributed by atoms with van der Waals surface area (Å²) in [6, 6.07) is 4.64. The van der Waals surface area contributed by atoms with Gasteiger partial charge in [0, 0.05) is 22.5 Å². The second-order valence-corrected chi connectivity index (χ2v) is 4.95. The lowest BCUT2D eigenvalue weighted by Crippen LogP contribution is -2.01. The zero-order chi connectivity index (χ0) is 13.0. The number of nitrogens with two attached hydrogens (primary N) is 1. The maximum absolute atomic E-state index is 13.4. The lowest BCUT2D eigenvalue weighted by molar-refractivity contribution is 0.122. The number of nitrogens with zero attached hydrogens (tertiary/aromatic N) is 1. The van der Waals surface area contributed by atoms with Crippen molar-refractivity contribution in [1.82, 2.24) is 4.98 Å². The van der Waals surface area contributed by atoms with Gasteiger partial charge in [0.15, 0.2) is 0 Å². The van der Waals surface area contributed by atoms with Crippen molar-refractivity contribution in [2.24, 2.45) is 0 Å². The van der Waals surface area contributed by atoms with Gasteiger partial charge in [0.05, 0.1) is 24.4 Å². The molecule has 3 nitrogen and oxygen atoms in total. The summed E-state index contributed by atoms with van der Waals surface area (Å²) >= 11 is 1.62. The smallest absolute Gasteiger partial charge is 0.130 e. The molecular formula is C13H15FN2OS. The summed E-state index contributed by atoms with van der Waals surface area (Å²) in [5, 5.41) is 0. The van der Waals surface area contributed by atoms with E-state index in [1.54, 1.807) is 23.5 Å². The molecule has 0 spiro atoms. The Kier molecular flexibility index (Phi) is 4.28. The molecule has 0 atom stereocenters. The number of aryl methyl sites for hydroxylation is 1. The van der Waals surface area contributed by atoms with Gasteiger partial charge >= 0.3 is 0 Å². The molecule has 0 aliphatic carbocycles. The number of rotatable bonds is 5. The average molecular weight is 266 g/mol. The van der Waals surface area contributed by atoms with Gasteiger partial charge in [-0.05, 0) is 19.1 Å². The number of hydrogen-bond donors (Lipinski definition) is 1. The van der Waals surface area contributed by atoms with E-state index < -0.39 is 0 Å². The van der Waals surface area contributed by atoms with E-state index in [9.17, 15) is 4.39 Å². The average Bonchev–Trinajstić information content (AvgIpc) is 2.73. The van der Waals surface area contributed by atoms with Crippen LogP contribution in [0, 0.1) is 12.7 Å². The normalized spacial score (nSPS) is 10.8. The van der Waals surface area contributed by atoms with Crippen LogP contribution in [0.25, 0.3) is 0 Å². The fraction of sp³-hybridized carbons (Fsp3) is 0.308. The standard InChI is InChI=1S/C13H15FN2OS/c1-9-13(18-8-16-9)4-5-17-7-10-2-3-11(15)6-12(10)14/h2-3,6,8H,4-5,7,15H2,1H3. The molecule has 2 N–H and O–H groups in total. The summed E-state index contributed by atoms with van der Waals surface area (Å²) < 4.78 is 18.9. The summed E-state index contributed by atoms with van der Waals surface area (Å²) in [5.74, 6) is -0.316. The zero-order valence-electron chi connectivity index (χ0n) is 10.1. The van der Waals surface area contributed by atoms with Gasteiger partial charge in [0.2, 0.25) is 0 Å². The van der Waals surface area contributed by atoms with E-state index in [4.69, 9.17) is 10.5 Å². The van der Waals surface area contributed by atoms with Gasteiger partial charge < -0.3 is 10.5 Å². The molecule has 2 aromatic rings. The molecule has 18 heavy (non-hydrogen) atoms. The molecule has 0 fully saturated rings. The second kappa shape index (κ2) is 5.93. The van der Waals surface area contributed by atoms with Crippen LogP contribution in [0.5, 0.6) is 0 Å². The molecule has 96 valence electrons. The Morgan fingerprint density at radius 3 is 2.94 bits per heavy atom. The summed E-state index contributed by atoms with van der Waals surface area (Å²) in [7, 11) is 0. The first kappa shape index (κ1) is 13.0. The quantitative estimate of drug-likeness (QED) is 0.668. The van der Waals surface area contributed by atoms with Crippen LogP contribution in [-0.2, 0) is 17.8 Å². The fourth-order valence-electron chi connectivity index (χ4n) is 1.59. The molecule has 5 heteroatoms. The van der Waals surface area contributed by atoms with Crippen molar-refractivity contribution >= 4 is 17.0 Å². The SMILES string of the molecule is Cc1ncsc1CCOCc1ccc(N)cc1F. The predicted octanol–water partition coefficient (Wildman–Crippen LogP) is 2.93. The highest BCUT2D eigenvalue weighted by atomic mass is 32.1. The molecule has 0 aliphatic rings. The number of hydrogen-bond acceptors (Lipinski definition) is 4. The third kappa shape index (κ3) is 3.27. The third-order valence-corrected chi connectivity index (χ3v) is 3.65. The van der Waals surface area contributed by atoms with E-state index >= 15 is 0 Å². The minimum Gasteiger partial charge on any atom is -0.399 e. The monoisotopic (exact) mass is 266 g/mol. The van der Waals surface area contributed by atoms with E-state index in [2.05, 4.69) is 4.98 Å². The lowest BCUT2D eigenvalue weighted by Gasteiger charge is -2.05. The van der Waals surface area contributed by atoms with Crippen LogP contribution < -0.4 is 5.73 Å². The van der Waals surface area contributed by atoms with Crippen LogP contribution in [-0.4, -0.2) is 11.6 Å². The van der Waals surface area contributed by atoms with Gasteiger partial charge in [-0.25, -0.2) is 9.37 Å². The van der Waals surface area contributed by atoms with Crippen LogP contribution in [0.15, 0.2) is 23.7 Å². The molecule has 0 saturated carbocycles. The second-order valence-electron chi connectivity index (χ2n) is 4.01. The van der Waals surface area contributed by atoms with E-state index in [0.717, 1.165) is 12.1 Å². The molecule has 0 bridgehead atoms. The number of benzene rings is 1. The van der Waals surface area contributed by atoms with E-state index in [1.807, 2.05) is 12.4 Å². The summed E-state index contributed by atoms with van der Waals surface area (Å²) in [6.45, 7) is 2.81. The molecule has 1 heterocycles. The van der Waals surface area contributed by atoms with Crippen LogP contribution in [0.3, 0.4) is 0 Å². The topological polar surface area (TPSA) is 48.1 Å². The van der Waals surface area contributed by atoms with Gasteiger partial charge in [-0.1, -0.05) is 6.07 Å². The summed E-state index contributed by atoms with van der Waals surface area (Å²) in [6.07, 6.45) is 0.813. The van der Waals surface area contributed by atoms with Crippen LogP contribution in [0.4, 0.5) is 10.1 Å². The summed E-state index contributed by atoms with van der Waals surface area (Å²) in [5.41, 5.74) is 9.30. The van der Waals surface area contributed by atoms with Gasteiger partial charge in [-0.2, -0.15) is 0 Å². The van der Waals surface area contributed by atoms with Crippen molar-refractivity contribution < 1.29 is 9.13 Å². The highest BCUT2D eigenvalue weighted by Gasteiger charge is 2.04. The molecule has 0 radical (unpaired) electrons. The van der Waals surface area contributed by atoms with Crippen molar-refractivity contribution in [3.05, 3.63) is 45.7 Å². The maximum Gasteiger partial charge on any atom is 0.130 e. The number of anilines is 1. The molecule has 0 amide bonds. The third-order valence-electron chi connectivity index (χ3n) is 2.65. The number of halogens is 1. The first-order chi connectivity index (χ1) is 8.66. The molecule has 1 aromatic carbocycles. The minimum absolute atomic E-state index is 0.268. The zero-order valence-corrected chi connectivity index (χ0v) is 11.0. The lowest BCUT2D eigenvalue weighted by atomic mass is 10.2. The first-order valence-electron chi connectivity index (χ1n) is 5.67. The van der Waals surface area contributed by atoms with Gasteiger partial charge in [0.25, 0.3) is 0 Å². The Bertz CT molecular complexity index is 527. The van der Waals surface area contributed by atoms with Gasteiger partial charge in [0.1, 0.15) is 5.82 Å². The van der Waals surface area contributed by atoms with Crippen molar-refractivity contribution in [3.63, 3.8) is 0 Å². The molecule has 0 saturated heterocycles. The number of ether oxygens (including phenoxy) is 1. The van der Waals surface area contributed by atoms with Gasteiger partial charge in [-0.15, -0.1) is 11.3 Å². The van der Waals surface area contributed by atoms with Crippen LogP contribution in [0.2, 0.25) is 0 Å². The molecule has 0 unspecified atom stereocenters. The van der Waals surface area contributed by atoms with Crippen molar-refractivity contribution in [3.8, 4) is 0 Å². The largest absolute Gasteiger partial charge is 0.399 e. The number of thiazole rings is 1. The molecule has 0 aliphatic heterocycles. The van der Waals surface area contributed by atoms with Crippen molar-refractivity contribution in [2.75, 3.05) is 12.3 Å². The van der Waals surface area contributed by atoms with Gasteiger partial charge in [-0.3, -0.25) is 0 Å². The Balaban J connectivity index is 1.80. The van der Waals surface area contributed by atoms with Crippen molar-refractivity contribution in [2.45, 2.75) is 20.0 Å². The predicted molar refractivity (Wildman–Crippen MR) is 71.0 cm³/mol. The van der Waals surface area contributed by atoms with Crippen LogP contribution >= 0.6 is 11.3 Å². The molecular weight excluding hydrogens is 251 g/mol. The van der Waals surface area contributed by atoms with E-state index in [0.29, 0.717) is 17.9 Å². The summed E-state index contributed by atoms with van der Waals surface area (Å²) in [4.78, 5) is 5.38. The number of aromatic nitrogens is 1. The van der Waals surface area contributed by atoms with E-state index in [-0.39, 0.29) is 12.4 Å². The Morgan fingerprint density at radius 2 is 2.28 bits per heavy atom. The van der Waals surface area contributed by atoms with Crippen LogP contribution in [0.1, 0.15) is 16.1 Å². The molecule has 2 rings (SSSR count). The Morgan fingerprint density at radius 1 is 1.44 bits per heavy atom. The highest BCUT2D eigenvalue weighted by Crippen LogP contribution is 2.15. The van der Waals surface area contributed by atoms with E-state index in [1.165, 1.54) is 10.9 Å². The fourth-order valence-corrected chi connectivity index (χ4v) is 2.36. The Hall–Kier alpha value is -1.46. The maximum atomic E-state index is 13.4. The highest BCUT2D eigenvalue weighted by molar-refractivity contribution is 7.09. The minimum atomic E-state index is -0.316. The Labute approximate surface area is 109 Å². The number of nitrogen functional groups attached to an aromatic ring is 1. The molecule has 1 aromatic heterocycles. The first-order valence-corrected chi connectivity index (χ1v) is 6.55. The van der Waals surface area contributed by atoms with Crippen molar-refractivity contribution in [1.29, 1.82) is 0 Å².